The quantitative estimate of drug-likeness (QED) is 0.883. The third-order valence-corrected chi connectivity index (χ3v) is 5.34. The predicted molar refractivity (Wildman–Crippen MR) is 76.3 cm³/mol. The van der Waals surface area contributed by atoms with Gasteiger partial charge in [-0.2, -0.15) is 0 Å². The van der Waals surface area contributed by atoms with Gasteiger partial charge in [0, 0.05) is 18.0 Å². The second-order valence-electron chi connectivity index (χ2n) is 4.27. The van der Waals surface area contributed by atoms with Gasteiger partial charge in [-0.1, -0.05) is 0 Å². The molecular formula is C12H13N3OS2. The Morgan fingerprint density at radius 2 is 2.28 bits per heavy atom. The average Bonchev–Trinajstić information content (AvgIpc) is 2.93. The van der Waals surface area contributed by atoms with Gasteiger partial charge in [-0.15, -0.1) is 22.7 Å². The first-order valence-corrected chi connectivity index (χ1v) is 7.34. The monoisotopic (exact) mass is 279 g/mol. The summed E-state index contributed by atoms with van der Waals surface area (Å²) in [6, 6.07) is 4.01. The highest BCUT2D eigenvalue weighted by Gasteiger charge is 2.21. The number of primary amides is 1. The van der Waals surface area contributed by atoms with Gasteiger partial charge in [0.15, 0.2) is 0 Å². The molecule has 0 unspecified atom stereocenters. The van der Waals surface area contributed by atoms with E-state index in [9.17, 15) is 4.79 Å². The minimum absolute atomic E-state index is 0.447. The molecule has 94 valence electrons. The molecule has 0 aromatic carbocycles. The average molecular weight is 279 g/mol. The zero-order valence-electron chi connectivity index (χ0n) is 9.68. The Balaban J connectivity index is 1.89. The van der Waals surface area contributed by atoms with Crippen LogP contribution >= 0.6 is 22.7 Å². The van der Waals surface area contributed by atoms with Gasteiger partial charge in [-0.05, 0) is 29.5 Å². The highest BCUT2D eigenvalue weighted by Crippen LogP contribution is 2.35. The fourth-order valence-corrected chi connectivity index (χ4v) is 4.02. The van der Waals surface area contributed by atoms with Crippen molar-refractivity contribution in [3.63, 3.8) is 0 Å². The molecule has 0 atom stereocenters. The van der Waals surface area contributed by atoms with Gasteiger partial charge >= 0.3 is 0 Å². The molecule has 18 heavy (non-hydrogen) atoms. The molecule has 4 nitrogen and oxygen atoms in total. The SMILES string of the molecule is NC(=O)c1sc(N2CCc3sccc3C2)cc1N. The van der Waals surface area contributed by atoms with Gasteiger partial charge in [0.05, 0.1) is 10.7 Å². The molecule has 6 heteroatoms. The summed E-state index contributed by atoms with van der Waals surface area (Å²) < 4.78 is 0. The van der Waals surface area contributed by atoms with Crippen LogP contribution in [0.3, 0.4) is 0 Å². The number of hydrogen-bond acceptors (Lipinski definition) is 5. The first-order valence-electron chi connectivity index (χ1n) is 5.64. The van der Waals surface area contributed by atoms with E-state index in [4.69, 9.17) is 11.5 Å². The topological polar surface area (TPSA) is 72.4 Å². The van der Waals surface area contributed by atoms with Crippen LogP contribution in [0.5, 0.6) is 0 Å². The van der Waals surface area contributed by atoms with Crippen LogP contribution in [-0.4, -0.2) is 12.5 Å². The lowest BCUT2D eigenvalue weighted by Gasteiger charge is -2.27. The molecule has 0 bridgehead atoms. The van der Waals surface area contributed by atoms with E-state index in [1.807, 2.05) is 17.4 Å². The fourth-order valence-electron chi connectivity index (χ4n) is 2.18. The van der Waals surface area contributed by atoms with Gasteiger partial charge in [-0.3, -0.25) is 4.79 Å². The van der Waals surface area contributed by atoms with Crippen LogP contribution in [0.4, 0.5) is 10.7 Å². The number of amides is 1. The molecule has 0 fully saturated rings. The first-order chi connectivity index (χ1) is 8.65. The first kappa shape index (κ1) is 11.6. The molecule has 0 saturated heterocycles. The van der Waals surface area contributed by atoms with Crippen molar-refractivity contribution in [2.75, 3.05) is 17.2 Å². The van der Waals surface area contributed by atoms with E-state index >= 15 is 0 Å². The van der Waals surface area contributed by atoms with Crippen molar-refractivity contribution in [1.82, 2.24) is 0 Å². The Bertz CT molecular complexity index is 602. The summed E-state index contributed by atoms with van der Waals surface area (Å²) in [7, 11) is 0. The lowest BCUT2D eigenvalue weighted by Crippen LogP contribution is -2.28. The standard InChI is InChI=1S/C12H13N3OS2/c13-8-5-10(18-11(8)12(14)16)15-3-1-9-7(6-15)2-4-17-9/h2,4-5H,1,3,6,13H2,(H2,14,16). The summed E-state index contributed by atoms with van der Waals surface area (Å²) in [6.45, 7) is 1.85. The van der Waals surface area contributed by atoms with E-state index < -0.39 is 5.91 Å². The van der Waals surface area contributed by atoms with Crippen molar-refractivity contribution in [1.29, 1.82) is 0 Å². The number of nitrogens with two attached hydrogens (primary N) is 2. The van der Waals surface area contributed by atoms with Crippen LogP contribution in [0, 0.1) is 0 Å². The third-order valence-electron chi connectivity index (χ3n) is 3.09. The summed E-state index contributed by atoms with van der Waals surface area (Å²) in [6.07, 6.45) is 1.05. The van der Waals surface area contributed by atoms with Crippen LogP contribution in [-0.2, 0) is 13.0 Å². The van der Waals surface area contributed by atoms with E-state index in [2.05, 4.69) is 16.3 Å². The molecule has 4 N–H and O–H groups in total. The highest BCUT2D eigenvalue weighted by atomic mass is 32.1. The smallest absolute Gasteiger partial charge is 0.260 e. The Kier molecular flexibility index (Phi) is 2.76. The maximum Gasteiger partial charge on any atom is 0.260 e. The molecule has 0 saturated carbocycles. The molecule has 0 spiro atoms. The number of carbonyl (C=O) groups excluding carboxylic acids is 1. The predicted octanol–water partition coefficient (Wildman–Crippen LogP) is 2.05. The minimum atomic E-state index is -0.447. The van der Waals surface area contributed by atoms with E-state index in [-0.39, 0.29) is 0 Å². The van der Waals surface area contributed by atoms with Gasteiger partial charge in [0.25, 0.3) is 5.91 Å². The van der Waals surface area contributed by atoms with E-state index in [1.54, 1.807) is 0 Å². The van der Waals surface area contributed by atoms with Gasteiger partial charge in [0.2, 0.25) is 0 Å². The summed E-state index contributed by atoms with van der Waals surface area (Å²) >= 11 is 3.19. The van der Waals surface area contributed by atoms with Crippen LogP contribution in [0.15, 0.2) is 17.5 Å². The number of nitrogens with zero attached hydrogens (tertiary/aromatic N) is 1. The van der Waals surface area contributed by atoms with Crippen LogP contribution in [0.25, 0.3) is 0 Å². The molecular weight excluding hydrogens is 266 g/mol. The van der Waals surface area contributed by atoms with Crippen LogP contribution < -0.4 is 16.4 Å². The van der Waals surface area contributed by atoms with Crippen LogP contribution in [0.1, 0.15) is 20.1 Å². The van der Waals surface area contributed by atoms with Crippen molar-refractivity contribution >= 4 is 39.3 Å². The highest BCUT2D eigenvalue weighted by molar-refractivity contribution is 7.18. The summed E-state index contributed by atoms with van der Waals surface area (Å²) in [5, 5.41) is 3.16. The van der Waals surface area contributed by atoms with Crippen LogP contribution in [0.2, 0.25) is 0 Å². The Labute approximate surface area is 113 Å². The molecule has 1 aliphatic heterocycles. The maximum atomic E-state index is 11.2. The normalized spacial score (nSPS) is 14.6. The number of rotatable bonds is 2. The molecule has 0 radical (unpaired) electrons. The van der Waals surface area contributed by atoms with Crippen molar-refractivity contribution in [2.45, 2.75) is 13.0 Å². The van der Waals surface area contributed by atoms with E-state index in [1.165, 1.54) is 21.8 Å². The summed E-state index contributed by atoms with van der Waals surface area (Å²) in [5.74, 6) is -0.447. The minimum Gasteiger partial charge on any atom is -0.397 e. The molecule has 1 aliphatic rings. The van der Waals surface area contributed by atoms with Crippen molar-refractivity contribution < 1.29 is 4.79 Å². The molecule has 1 amide bonds. The van der Waals surface area contributed by atoms with E-state index in [0.29, 0.717) is 10.6 Å². The second-order valence-corrected chi connectivity index (χ2v) is 6.31. The number of nitrogen functional groups attached to an aromatic ring is 1. The summed E-state index contributed by atoms with van der Waals surface area (Å²) in [4.78, 5) is 15.4. The summed E-state index contributed by atoms with van der Waals surface area (Å²) in [5.41, 5.74) is 13.0. The third kappa shape index (κ3) is 1.87. The number of anilines is 2. The Morgan fingerprint density at radius 1 is 1.44 bits per heavy atom. The molecule has 3 rings (SSSR count). The molecule has 0 aliphatic carbocycles. The van der Waals surface area contributed by atoms with Crippen molar-refractivity contribution in [2.24, 2.45) is 5.73 Å². The number of fused-ring (bicyclic) bond motifs is 1. The zero-order valence-corrected chi connectivity index (χ0v) is 11.3. The Hall–Kier alpha value is -1.53. The van der Waals surface area contributed by atoms with Crippen molar-refractivity contribution in [3.05, 3.63) is 32.8 Å². The van der Waals surface area contributed by atoms with Crippen molar-refractivity contribution in [3.8, 4) is 0 Å². The largest absolute Gasteiger partial charge is 0.397 e. The molecule has 3 heterocycles. The van der Waals surface area contributed by atoms with Gasteiger partial charge < -0.3 is 16.4 Å². The number of hydrogen-bond donors (Lipinski definition) is 2. The Morgan fingerprint density at radius 3 is 3.00 bits per heavy atom. The lowest BCUT2D eigenvalue weighted by molar-refractivity contribution is 0.100. The second kappa shape index (κ2) is 4.29. The molecule has 2 aromatic heterocycles. The number of carbonyl (C=O) groups is 1. The zero-order chi connectivity index (χ0) is 12.7. The van der Waals surface area contributed by atoms with Gasteiger partial charge in [-0.25, -0.2) is 0 Å². The van der Waals surface area contributed by atoms with Gasteiger partial charge in [0.1, 0.15) is 4.88 Å². The lowest BCUT2D eigenvalue weighted by atomic mass is 10.1. The van der Waals surface area contributed by atoms with E-state index in [0.717, 1.165) is 24.5 Å². The fraction of sp³-hybridized carbons (Fsp3) is 0.250. The maximum absolute atomic E-state index is 11.2. The number of thiophene rings is 2. The molecule has 2 aromatic rings.